The molecule has 0 amide bonds. The van der Waals surface area contributed by atoms with Crippen LogP contribution in [-0.2, 0) is 0 Å². The summed E-state index contributed by atoms with van der Waals surface area (Å²) in [5, 5.41) is 7.45. The zero-order valence-corrected chi connectivity index (χ0v) is 7.02. The van der Waals surface area contributed by atoms with Crippen molar-refractivity contribution >= 4 is 26.8 Å². The molecule has 2 aromatic rings. The lowest BCUT2D eigenvalue weighted by Gasteiger charge is -1.87. The van der Waals surface area contributed by atoms with Gasteiger partial charge >= 0.3 is 0 Å². The summed E-state index contributed by atoms with van der Waals surface area (Å²) < 4.78 is 13.3. The minimum atomic E-state index is -0.256. The predicted molar refractivity (Wildman–Crippen MR) is 43.8 cm³/mol. The molecule has 0 atom stereocenters. The number of aromatic amines is 1. The lowest BCUT2D eigenvalue weighted by molar-refractivity contribution is 0.629. The van der Waals surface area contributed by atoms with E-state index in [1.165, 1.54) is 12.1 Å². The van der Waals surface area contributed by atoms with Crippen LogP contribution in [0, 0.1) is 5.82 Å². The van der Waals surface area contributed by atoms with Crippen molar-refractivity contribution in [2.24, 2.45) is 0 Å². The molecular weight excluding hydrogens is 211 g/mol. The first-order valence-electron chi connectivity index (χ1n) is 3.06. The molecule has 0 radical (unpaired) electrons. The van der Waals surface area contributed by atoms with Gasteiger partial charge in [0.2, 0.25) is 0 Å². The molecule has 0 unspecified atom stereocenters. The Morgan fingerprint density at radius 2 is 2.27 bits per heavy atom. The number of benzene rings is 1. The number of nitrogens with one attached hydrogen (secondary N) is 1. The fourth-order valence-electron chi connectivity index (χ4n) is 0.958. The van der Waals surface area contributed by atoms with Gasteiger partial charge in [-0.05, 0) is 34.1 Å². The van der Waals surface area contributed by atoms with E-state index in [-0.39, 0.29) is 5.82 Å². The highest BCUT2D eigenvalue weighted by molar-refractivity contribution is 9.10. The first-order valence-corrected chi connectivity index (χ1v) is 3.86. The van der Waals surface area contributed by atoms with Gasteiger partial charge in [0.1, 0.15) is 10.4 Å². The van der Waals surface area contributed by atoms with Crippen molar-refractivity contribution in [3.05, 3.63) is 28.6 Å². The molecule has 0 saturated heterocycles. The standard InChI is InChI=1S/C7H4BrFN2/c8-7-5-2-1-4(9)3-6(5)10-11-7/h1-3H,(H,10,11). The molecule has 1 aromatic carbocycles. The topological polar surface area (TPSA) is 28.7 Å². The van der Waals surface area contributed by atoms with E-state index >= 15 is 0 Å². The van der Waals surface area contributed by atoms with Crippen LogP contribution in [0.4, 0.5) is 4.39 Å². The van der Waals surface area contributed by atoms with Crippen LogP contribution < -0.4 is 0 Å². The second kappa shape index (κ2) is 2.30. The van der Waals surface area contributed by atoms with Crippen molar-refractivity contribution in [1.29, 1.82) is 0 Å². The molecule has 0 spiro atoms. The summed E-state index contributed by atoms with van der Waals surface area (Å²) in [7, 11) is 0. The number of rotatable bonds is 0. The third kappa shape index (κ3) is 1.03. The van der Waals surface area contributed by atoms with Crippen LogP contribution in [0.15, 0.2) is 22.8 Å². The molecule has 0 aliphatic rings. The molecule has 2 nitrogen and oxygen atoms in total. The molecule has 1 heterocycles. The Morgan fingerprint density at radius 3 is 3.09 bits per heavy atom. The maximum absolute atomic E-state index is 12.6. The number of fused-ring (bicyclic) bond motifs is 1. The minimum Gasteiger partial charge on any atom is -0.277 e. The number of H-pyrrole nitrogens is 1. The predicted octanol–water partition coefficient (Wildman–Crippen LogP) is 2.46. The largest absolute Gasteiger partial charge is 0.277 e. The smallest absolute Gasteiger partial charge is 0.135 e. The van der Waals surface area contributed by atoms with Crippen LogP contribution in [0.1, 0.15) is 0 Å². The molecule has 4 heteroatoms. The molecule has 2 rings (SSSR count). The third-order valence-corrected chi connectivity index (χ3v) is 2.08. The maximum atomic E-state index is 12.6. The zero-order chi connectivity index (χ0) is 7.84. The Bertz CT molecular complexity index is 396. The van der Waals surface area contributed by atoms with Gasteiger partial charge in [-0.3, -0.25) is 5.10 Å². The van der Waals surface area contributed by atoms with Gasteiger partial charge in [0, 0.05) is 5.39 Å². The van der Waals surface area contributed by atoms with Crippen LogP contribution in [-0.4, -0.2) is 10.2 Å². The Hall–Kier alpha value is -0.900. The van der Waals surface area contributed by atoms with Crippen LogP contribution in [0.3, 0.4) is 0 Å². The Labute approximate surface area is 70.5 Å². The van der Waals surface area contributed by atoms with E-state index in [9.17, 15) is 4.39 Å². The molecule has 11 heavy (non-hydrogen) atoms. The van der Waals surface area contributed by atoms with Crippen molar-refractivity contribution in [2.45, 2.75) is 0 Å². The van der Waals surface area contributed by atoms with E-state index < -0.39 is 0 Å². The lowest BCUT2D eigenvalue weighted by Crippen LogP contribution is -1.72. The Kier molecular flexibility index (Phi) is 1.42. The fourth-order valence-corrected chi connectivity index (χ4v) is 1.39. The Balaban J connectivity index is 2.86. The molecule has 0 saturated carbocycles. The summed E-state index contributed by atoms with van der Waals surface area (Å²) in [5.74, 6) is -0.256. The van der Waals surface area contributed by atoms with Crippen LogP contribution in [0.25, 0.3) is 10.9 Å². The van der Waals surface area contributed by atoms with Gasteiger partial charge < -0.3 is 0 Å². The second-order valence-corrected chi connectivity index (χ2v) is 2.96. The van der Waals surface area contributed by atoms with Crippen molar-refractivity contribution in [3.63, 3.8) is 0 Å². The van der Waals surface area contributed by atoms with E-state index in [0.29, 0.717) is 10.1 Å². The summed E-state index contributed by atoms with van der Waals surface area (Å²) >= 11 is 3.23. The van der Waals surface area contributed by atoms with E-state index in [2.05, 4.69) is 26.1 Å². The number of halogens is 2. The zero-order valence-electron chi connectivity index (χ0n) is 5.44. The monoisotopic (exact) mass is 214 g/mol. The van der Waals surface area contributed by atoms with Gasteiger partial charge in [0.05, 0.1) is 5.52 Å². The number of nitrogens with zero attached hydrogens (tertiary/aromatic N) is 1. The van der Waals surface area contributed by atoms with Crippen molar-refractivity contribution < 1.29 is 4.39 Å². The van der Waals surface area contributed by atoms with Crippen LogP contribution in [0.2, 0.25) is 0 Å². The summed E-state index contributed by atoms with van der Waals surface area (Å²) in [6.45, 7) is 0. The molecule has 0 fully saturated rings. The van der Waals surface area contributed by atoms with Crippen molar-refractivity contribution in [3.8, 4) is 0 Å². The molecule has 0 bridgehead atoms. The summed E-state index contributed by atoms with van der Waals surface area (Å²) in [5.41, 5.74) is 0.705. The number of aromatic nitrogens is 2. The first-order chi connectivity index (χ1) is 5.27. The van der Waals surface area contributed by atoms with E-state index in [0.717, 1.165) is 5.39 Å². The van der Waals surface area contributed by atoms with Gasteiger partial charge in [0.15, 0.2) is 0 Å². The third-order valence-electron chi connectivity index (χ3n) is 1.48. The molecule has 0 aliphatic heterocycles. The highest BCUT2D eigenvalue weighted by Crippen LogP contribution is 2.20. The van der Waals surface area contributed by atoms with E-state index in [1.807, 2.05) is 0 Å². The lowest BCUT2D eigenvalue weighted by atomic mass is 10.2. The molecule has 1 aromatic heterocycles. The van der Waals surface area contributed by atoms with Gasteiger partial charge in [-0.2, -0.15) is 5.10 Å². The van der Waals surface area contributed by atoms with Gasteiger partial charge in [-0.1, -0.05) is 0 Å². The maximum Gasteiger partial charge on any atom is 0.135 e. The molecule has 0 aliphatic carbocycles. The van der Waals surface area contributed by atoms with Gasteiger partial charge in [-0.15, -0.1) is 0 Å². The van der Waals surface area contributed by atoms with E-state index in [1.54, 1.807) is 6.07 Å². The Morgan fingerprint density at radius 1 is 1.45 bits per heavy atom. The highest BCUT2D eigenvalue weighted by Gasteiger charge is 2.01. The second-order valence-electron chi connectivity index (χ2n) is 2.20. The van der Waals surface area contributed by atoms with Crippen LogP contribution >= 0.6 is 15.9 Å². The van der Waals surface area contributed by atoms with Crippen molar-refractivity contribution in [1.82, 2.24) is 10.2 Å². The number of hydrogen-bond donors (Lipinski definition) is 1. The minimum absolute atomic E-state index is 0.256. The molecule has 1 N–H and O–H groups in total. The summed E-state index contributed by atoms with van der Waals surface area (Å²) in [4.78, 5) is 0. The number of hydrogen-bond acceptors (Lipinski definition) is 1. The highest BCUT2D eigenvalue weighted by atomic mass is 79.9. The van der Waals surface area contributed by atoms with E-state index in [4.69, 9.17) is 0 Å². The van der Waals surface area contributed by atoms with Crippen molar-refractivity contribution in [2.75, 3.05) is 0 Å². The van der Waals surface area contributed by atoms with Crippen LogP contribution in [0.5, 0.6) is 0 Å². The SMILES string of the molecule is Fc1ccc2c(Br)n[nH]c2c1. The molecule has 56 valence electrons. The normalized spacial score (nSPS) is 10.7. The summed E-state index contributed by atoms with van der Waals surface area (Å²) in [6.07, 6.45) is 0. The van der Waals surface area contributed by atoms with Gasteiger partial charge in [-0.25, -0.2) is 4.39 Å². The van der Waals surface area contributed by atoms with Gasteiger partial charge in [0.25, 0.3) is 0 Å². The fraction of sp³-hybridized carbons (Fsp3) is 0. The average Bonchev–Trinajstić information content (AvgIpc) is 2.32. The average molecular weight is 215 g/mol. The summed E-state index contributed by atoms with van der Waals surface area (Å²) in [6, 6.07) is 4.49. The molecular formula is C7H4BrFN2. The first kappa shape index (κ1) is 6.79. The quantitative estimate of drug-likeness (QED) is 0.718.